The number of amides is 1. The van der Waals surface area contributed by atoms with Crippen LogP contribution in [0.5, 0.6) is 0 Å². The Balaban J connectivity index is 3.97. The van der Waals surface area contributed by atoms with E-state index in [0.717, 1.165) is 19.3 Å². The molecule has 17 heavy (non-hydrogen) atoms. The van der Waals surface area contributed by atoms with Gasteiger partial charge in [-0.05, 0) is 24.7 Å². The summed E-state index contributed by atoms with van der Waals surface area (Å²) >= 11 is 0. The van der Waals surface area contributed by atoms with E-state index in [1.807, 2.05) is 6.92 Å². The van der Waals surface area contributed by atoms with Gasteiger partial charge in [-0.3, -0.25) is 9.59 Å². The molecule has 0 heterocycles. The molecule has 0 radical (unpaired) electrons. The number of carbonyl (C=O) groups excluding carboxylic acids is 1. The van der Waals surface area contributed by atoms with Gasteiger partial charge in [-0.15, -0.1) is 0 Å². The standard InChI is InChI=1S/C13H25NO3/c1-4-5-6-12(15)14-9-11(7-10(2)3)8-13(16)17/h10-11H,4-9H2,1-3H3,(H,14,15)(H,16,17)/t11-/m0/s1. The van der Waals surface area contributed by atoms with Crippen molar-refractivity contribution in [2.24, 2.45) is 11.8 Å². The van der Waals surface area contributed by atoms with Crippen molar-refractivity contribution in [2.75, 3.05) is 6.54 Å². The molecule has 0 rings (SSSR count). The van der Waals surface area contributed by atoms with Gasteiger partial charge in [-0.2, -0.15) is 0 Å². The zero-order valence-electron chi connectivity index (χ0n) is 11.2. The van der Waals surface area contributed by atoms with E-state index >= 15 is 0 Å². The summed E-state index contributed by atoms with van der Waals surface area (Å²) in [5.41, 5.74) is 0. The van der Waals surface area contributed by atoms with Crippen LogP contribution in [0.4, 0.5) is 0 Å². The maximum absolute atomic E-state index is 11.4. The van der Waals surface area contributed by atoms with Crippen molar-refractivity contribution in [1.29, 1.82) is 0 Å². The molecule has 0 unspecified atom stereocenters. The molecule has 4 heteroatoms. The minimum Gasteiger partial charge on any atom is -0.481 e. The maximum atomic E-state index is 11.4. The first kappa shape index (κ1) is 15.9. The molecule has 0 aliphatic heterocycles. The second kappa shape index (κ2) is 9.02. The lowest BCUT2D eigenvalue weighted by molar-refractivity contribution is -0.138. The van der Waals surface area contributed by atoms with Crippen LogP contribution in [0.1, 0.15) is 52.9 Å². The Morgan fingerprint density at radius 2 is 1.94 bits per heavy atom. The number of hydrogen-bond acceptors (Lipinski definition) is 2. The van der Waals surface area contributed by atoms with Gasteiger partial charge in [0.25, 0.3) is 0 Å². The average molecular weight is 243 g/mol. The summed E-state index contributed by atoms with van der Waals surface area (Å²) in [7, 11) is 0. The number of unbranched alkanes of at least 4 members (excludes halogenated alkanes) is 1. The fourth-order valence-corrected chi connectivity index (χ4v) is 1.84. The lowest BCUT2D eigenvalue weighted by Crippen LogP contribution is -2.30. The Labute approximate surface area is 104 Å². The second-order valence-corrected chi connectivity index (χ2v) is 5.00. The van der Waals surface area contributed by atoms with Crippen LogP contribution in [0.2, 0.25) is 0 Å². The van der Waals surface area contributed by atoms with E-state index in [9.17, 15) is 9.59 Å². The zero-order chi connectivity index (χ0) is 13.3. The van der Waals surface area contributed by atoms with Crippen molar-refractivity contribution in [3.05, 3.63) is 0 Å². The predicted molar refractivity (Wildman–Crippen MR) is 67.7 cm³/mol. The fraction of sp³-hybridized carbons (Fsp3) is 0.846. The van der Waals surface area contributed by atoms with Crippen molar-refractivity contribution in [2.45, 2.75) is 52.9 Å². The third-order valence-electron chi connectivity index (χ3n) is 2.61. The monoisotopic (exact) mass is 243 g/mol. The van der Waals surface area contributed by atoms with Crippen molar-refractivity contribution in [3.8, 4) is 0 Å². The highest BCUT2D eigenvalue weighted by Crippen LogP contribution is 2.14. The Morgan fingerprint density at radius 1 is 1.29 bits per heavy atom. The topological polar surface area (TPSA) is 66.4 Å². The van der Waals surface area contributed by atoms with E-state index < -0.39 is 5.97 Å². The van der Waals surface area contributed by atoms with Crippen molar-refractivity contribution >= 4 is 11.9 Å². The van der Waals surface area contributed by atoms with Gasteiger partial charge in [-0.1, -0.05) is 27.2 Å². The summed E-state index contributed by atoms with van der Waals surface area (Å²) in [5.74, 6) is -0.269. The van der Waals surface area contributed by atoms with Crippen LogP contribution in [-0.2, 0) is 9.59 Å². The molecule has 1 atom stereocenters. The highest BCUT2D eigenvalue weighted by molar-refractivity contribution is 5.75. The normalized spacial score (nSPS) is 12.5. The van der Waals surface area contributed by atoms with Gasteiger partial charge in [0, 0.05) is 19.4 Å². The molecule has 0 saturated heterocycles. The third kappa shape index (κ3) is 9.85. The van der Waals surface area contributed by atoms with Gasteiger partial charge >= 0.3 is 5.97 Å². The first-order chi connectivity index (χ1) is 7.95. The minimum atomic E-state index is -0.793. The van der Waals surface area contributed by atoms with Crippen LogP contribution >= 0.6 is 0 Å². The van der Waals surface area contributed by atoms with Gasteiger partial charge in [-0.25, -0.2) is 0 Å². The summed E-state index contributed by atoms with van der Waals surface area (Å²) in [4.78, 5) is 22.1. The van der Waals surface area contributed by atoms with Gasteiger partial charge < -0.3 is 10.4 Å². The maximum Gasteiger partial charge on any atom is 0.303 e. The van der Waals surface area contributed by atoms with Gasteiger partial charge in [0.05, 0.1) is 0 Å². The molecule has 0 aliphatic rings. The summed E-state index contributed by atoms with van der Waals surface area (Å²) in [5, 5.41) is 11.6. The number of hydrogen-bond donors (Lipinski definition) is 2. The van der Waals surface area contributed by atoms with Gasteiger partial charge in [0.2, 0.25) is 5.91 Å². The summed E-state index contributed by atoms with van der Waals surface area (Å²) < 4.78 is 0. The molecular formula is C13H25NO3. The second-order valence-electron chi connectivity index (χ2n) is 5.00. The van der Waals surface area contributed by atoms with Crippen molar-refractivity contribution in [1.82, 2.24) is 5.32 Å². The molecule has 0 spiro atoms. The fourth-order valence-electron chi connectivity index (χ4n) is 1.84. The number of carboxylic acids is 1. The number of carbonyl (C=O) groups is 2. The molecule has 0 bridgehead atoms. The zero-order valence-corrected chi connectivity index (χ0v) is 11.2. The van der Waals surface area contributed by atoms with Crippen molar-refractivity contribution < 1.29 is 14.7 Å². The molecule has 100 valence electrons. The molecule has 1 amide bonds. The highest BCUT2D eigenvalue weighted by Gasteiger charge is 2.15. The van der Waals surface area contributed by atoms with E-state index in [1.54, 1.807) is 0 Å². The summed E-state index contributed by atoms with van der Waals surface area (Å²) in [6, 6.07) is 0. The highest BCUT2D eigenvalue weighted by atomic mass is 16.4. The lowest BCUT2D eigenvalue weighted by Gasteiger charge is -2.17. The number of aliphatic carboxylic acids is 1. The molecule has 4 nitrogen and oxygen atoms in total. The quantitative estimate of drug-likeness (QED) is 0.653. The SMILES string of the molecule is CCCCC(=O)NC[C@H](CC(=O)O)CC(C)C. The molecular weight excluding hydrogens is 218 g/mol. The van der Waals surface area contributed by atoms with Crippen LogP contribution < -0.4 is 5.32 Å². The van der Waals surface area contributed by atoms with E-state index in [4.69, 9.17) is 5.11 Å². The molecule has 0 aromatic carbocycles. The molecule has 0 aromatic rings. The van der Waals surface area contributed by atoms with Crippen LogP contribution in [0.25, 0.3) is 0 Å². The first-order valence-electron chi connectivity index (χ1n) is 6.44. The first-order valence-corrected chi connectivity index (χ1v) is 6.44. The van der Waals surface area contributed by atoms with E-state index in [1.165, 1.54) is 0 Å². The Kier molecular flexibility index (Phi) is 8.46. The molecule has 0 aliphatic carbocycles. The lowest BCUT2D eigenvalue weighted by atomic mass is 9.94. The van der Waals surface area contributed by atoms with Crippen LogP contribution in [0.15, 0.2) is 0 Å². The molecule has 0 saturated carbocycles. The van der Waals surface area contributed by atoms with Crippen LogP contribution in [0.3, 0.4) is 0 Å². The largest absolute Gasteiger partial charge is 0.481 e. The average Bonchev–Trinajstić information content (AvgIpc) is 2.21. The van der Waals surface area contributed by atoms with Gasteiger partial charge in [0.1, 0.15) is 0 Å². The van der Waals surface area contributed by atoms with E-state index in [0.29, 0.717) is 18.9 Å². The number of rotatable bonds is 9. The third-order valence-corrected chi connectivity index (χ3v) is 2.61. The minimum absolute atomic E-state index is 0.0333. The molecule has 2 N–H and O–H groups in total. The van der Waals surface area contributed by atoms with Crippen molar-refractivity contribution in [3.63, 3.8) is 0 Å². The van der Waals surface area contributed by atoms with Crippen LogP contribution in [-0.4, -0.2) is 23.5 Å². The molecule has 0 aromatic heterocycles. The Hall–Kier alpha value is -1.06. The number of nitrogens with one attached hydrogen (secondary N) is 1. The summed E-state index contributed by atoms with van der Waals surface area (Å²) in [6.07, 6.45) is 3.39. The predicted octanol–water partition coefficient (Wildman–Crippen LogP) is 2.43. The molecule has 0 fully saturated rings. The van der Waals surface area contributed by atoms with Crippen LogP contribution in [0, 0.1) is 11.8 Å². The summed E-state index contributed by atoms with van der Waals surface area (Å²) in [6.45, 7) is 6.65. The number of carboxylic acid groups (broad SMARTS) is 1. The van der Waals surface area contributed by atoms with E-state index in [2.05, 4.69) is 19.2 Å². The Morgan fingerprint density at radius 3 is 2.41 bits per heavy atom. The Bertz CT molecular complexity index is 239. The van der Waals surface area contributed by atoms with Gasteiger partial charge in [0.15, 0.2) is 0 Å². The smallest absolute Gasteiger partial charge is 0.303 e. The van der Waals surface area contributed by atoms with E-state index in [-0.39, 0.29) is 18.2 Å².